The highest BCUT2D eigenvalue weighted by molar-refractivity contribution is 7.99. The number of thioether (sulfide) groups is 1. The molecule has 0 radical (unpaired) electrons. The van der Waals surface area contributed by atoms with Gasteiger partial charge in [-0.1, -0.05) is 35.5 Å². The lowest BCUT2D eigenvalue weighted by molar-refractivity contribution is -0.119. The minimum absolute atomic E-state index is 0.104. The molecule has 3 rings (SSSR count). The van der Waals surface area contributed by atoms with Crippen molar-refractivity contribution in [2.75, 3.05) is 19.5 Å². The standard InChI is InChI=1S/C22H24ClN3O3S/c1-13-6-5-7-19(15(13)3)26-21(28)17-9-8-16(23)10-18(17)25-22(26)30-12-20(27)24-14(2)11-29-4/h5-10,14H,11-12H2,1-4H3,(H,24,27). The maximum Gasteiger partial charge on any atom is 0.266 e. The molecular weight excluding hydrogens is 422 g/mol. The van der Waals surface area contributed by atoms with Crippen LogP contribution in [0.3, 0.4) is 0 Å². The SMILES string of the molecule is COCC(C)NC(=O)CSc1nc2cc(Cl)ccc2c(=O)n1-c1cccc(C)c1C. The van der Waals surface area contributed by atoms with Gasteiger partial charge in [-0.2, -0.15) is 0 Å². The number of benzene rings is 2. The van der Waals surface area contributed by atoms with E-state index >= 15 is 0 Å². The van der Waals surface area contributed by atoms with Gasteiger partial charge in [-0.3, -0.25) is 14.2 Å². The van der Waals surface area contributed by atoms with E-state index in [1.807, 2.05) is 39.0 Å². The summed E-state index contributed by atoms with van der Waals surface area (Å²) in [5.41, 5.74) is 3.11. The van der Waals surface area contributed by atoms with E-state index in [-0.39, 0.29) is 23.3 Å². The largest absolute Gasteiger partial charge is 0.383 e. The highest BCUT2D eigenvalue weighted by atomic mass is 35.5. The Morgan fingerprint density at radius 3 is 2.80 bits per heavy atom. The number of aryl methyl sites for hydroxylation is 1. The third-order valence-corrected chi connectivity index (χ3v) is 5.95. The van der Waals surface area contributed by atoms with Gasteiger partial charge in [-0.25, -0.2) is 4.98 Å². The number of nitrogens with one attached hydrogen (secondary N) is 1. The molecule has 0 aliphatic rings. The van der Waals surface area contributed by atoms with Crippen molar-refractivity contribution in [2.24, 2.45) is 0 Å². The highest BCUT2D eigenvalue weighted by Gasteiger charge is 2.17. The summed E-state index contributed by atoms with van der Waals surface area (Å²) in [5, 5.41) is 4.29. The van der Waals surface area contributed by atoms with E-state index < -0.39 is 0 Å². The van der Waals surface area contributed by atoms with Crippen LogP contribution in [0.4, 0.5) is 0 Å². The van der Waals surface area contributed by atoms with Gasteiger partial charge in [0.25, 0.3) is 5.56 Å². The molecule has 0 saturated carbocycles. The van der Waals surface area contributed by atoms with Crippen LogP contribution in [0.15, 0.2) is 46.3 Å². The average Bonchev–Trinajstić information content (AvgIpc) is 2.69. The lowest BCUT2D eigenvalue weighted by Crippen LogP contribution is -2.36. The van der Waals surface area contributed by atoms with Crippen molar-refractivity contribution in [3.05, 3.63) is 62.9 Å². The summed E-state index contributed by atoms with van der Waals surface area (Å²) in [6.45, 7) is 6.26. The lowest BCUT2D eigenvalue weighted by Gasteiger charge is -2.17. The Morgan fingerprint density at radius 2 is 2.07 bits per heavy atom. The Bertz CT molecular complexity index is 1150. The van der Waals surface area contributed by atoms with E-state index in [0.717, 1.165) is 16.8 Å². The third-order valence-electron chi connectivity index (χ3n) is 4.77. The number of carbonyl (C=O) groups is 1. The molecule has 1 heterocycles. The zero-order valence-electron chi connectivity index (χ0n) is 17.4. The van der Waals surface area contributed by atoms with Gasteiger partial charge in [0, 0.05) is 18.2 Å². The lowest BCUT2D eigenvalue weighted by atomic mass is 10.1. The fourth-order valence-corrected chi connectivity index (χ4v) is 4.15. The van der Waals surface area contributed by atoms with Crippen LogP contribution in [0.2, 0.25) is 5.02 Å². The van der Waals surface area contributed by atoms with E-state index in [4.69, 9.17) is 16.3 Å². The zero-order chi connectivity index (χ0) is 21.8. The molecule has 0 spiro atoms. The first-order valence-electron chi connectivity index (χ1n) is 9.51. The van der Waals surface area contributed by atoms with E-state index in [2.05, 4.69) is 10.3 Å². The predicted molar refractivity (Wildman–Crippen MR) is 122 cm³/mol. The molecule has 0 fully saturated rings. The molecule has 1 N–H and O–H groups in total. The van der Waals surface area contributed by atoms with Crippen LogP contribution in [-0.4, -0.2) is 41.0 Å². The van der Waals surface area contributed by atoms with Crippen LogP contribution in [0, 0.1) is 13.8 Å². The molecule has 158 valence electrons. The number of rotatable bonds is 7. The Balaban J connectivity index is 2.06. The van der Waals surface area contributed by atoms with E-state index in [9.17, 15) is 9.59 Å². The van der Waals surface area contributed by atoms with Crippen molar-refractivity contribution >= 4 is 40.2 Å². The smallest absolute Gasteiger partial charge is 0.266 e. The van der Waals surface area contributed by atoms with Crippen LogP contribution >= 0.6 is 23.4 Å². The number of ether oxygens (including phenoxy) is 1. The number of methoxy groups -OCH3 is 1. The van der Waals surface area contributed by atoms with Gasteiger partial charge in [0.1, 0.15) is 0 Å². The second-order valence-electron chi connectivity index (χ2n) is 7.13. The molecule has 1 amide bonds. The minimum Gasteiger partial charge on any atom is -0.383 e. The average molecular weight is 446 g/mol. The second-order valence-corrected chi connectivity index (χ2v) is 8.51. The van der Waals surface area contributed by atoms with E-state index in [1.165, 1.54) is 11.8 Å². The highest BCUT2D eigenvalue weighted by Crippen LogP contribution is 2.25. The summed E-state index contributed by atoms with van der Waals surface area (Å²) >= 11 is 7.32. The first-order valence-corrected chi connectivity index (χ1v) is 10.9. The summed E-state index contributed by atoms with van der Waals surface area (Å²) < 4.78 is 6.63. The quantitative estimate of drug-likeness (QED) is 0.441. The Hall–Kier alpha value is -2.35. The fraction of sp³-hybridized carbons (Fsp3) is 0.318. The number of amides is 1. The molecule has 2 aromatic carbocycles. The first kappa shape index (κ1) is 22.3. The van der Waals surface area contributed by atoms with Crippen LogP contribution in [0.25, 0.3) is 16.6 Å². The molecule has 6 nitrogen and oxygen atoms in total. The molecule has 0 aliphatic heterocycles. The van der Waals surface area contributed by atoms with Crippen molar-refractivity contribution in [2.45, 2.75) is 32.0 Å². The number of carbonyl (C=O) groups excluding carboxylic acids is 1. The van der Waals surface area contributed by atoms with Gasteiger partial charge in [0.05, 0.1) is 29.0 Å². The number of nitrogens with zero attached hydrogens (tertiary/aromatic N) is 2. The summed E-state index contributed by atoms with van der Waals surface area (Å²) in [6.07, 6.45) is 0. The number of halogens is 1. The van der Waals surface area contributed by atoms with Crippen LogP contribution in [0.1, 0.15) is 18.1 Å². The number of hydrogen-bond donors (Lipinski definition) is 1. The molecule has 0 bridgehead atoms. The van der Waals surface area contributed by atoms with Gasteiger partial charge in [-0.15, -0.1) is 0 Å². The van der Waals surface area contributed by atoms with Crippen LogP contribution in [0.5, 0.6) is 0 Å². The Kier molecular flexibility index (Phi) is 7.18. The number of aromatic nitrogens is 2. The van der Waals surface area contributed by atoms with E-state index in [1.54, 1.807) is 29.9 Å². The van der Waals surface area contributed by atoms with Crippen molar-refractivity contribution in [1.29, 1.82) is 0 Å². The van der Waals surface area contributed by atoms with Crippen molar-refractivity contribution in [3.8, 4) is 5.69 Å². The third kappa shape index (κ3) is 4.86. The van der Waals surface area contributed by atoms with Crippen molar-refractivity contribution in [3.63, 3.8) is 0 Å². The molecule has 1 atom stereocenters. The van der Waals surface area contributed by atoms with Crippen LogP contribution < -0.4 is 10.9 Å². The van der Waals surface area contributed by atoms with Crippen LogP contribution in [-0.2, 0) is 9.53 Å². The normalized spacial score (nSPS) is 12.2. The van der Waals surface area contributed by atoms with Gasteiger partial charge in [0.2, 0.25) is 5.91 Å². The second kappa shape index (κ2) is 9.64. The van der Waals surface area contributed by atoms with Gasteiger partial charge >= 0.3 is 0 Å². The Labute approximate surface area is 184 Å². The molecule has 30 heavy (non-hydrogen) atoms. The summed E-state index contributed by atoms with van der Waals surface area (Å²) in [7, 11) is 1.59. The summed E-state index contributed by atoms with van der Waals surface area (Å²) in [4.78, 5) is 30.4. The summed E-state index contributed by atoms with van der Waals surface area (Å²) in [5.74, 6) is -0.0326. The summed E-state index contributed by atoms with van der Waals surface area (Å²) in [6, 6.07) is 10.7. The molecule has 0 aliphatic carbocycles. The van der Waals surface area contributed by atoms with Crippen molar-refractivity contribution < 1.29 is 9.53 Å². The van der Waals surface area contributed by atoms with Gasteiger partial charge in [0.15, 0.2) is 5.16 Å². The molecule has 8 heteroatoms. The van der Waals surface area contributed by atoms with Gasteiger partial charge in [-0.05, 0) is 56.2 Å². The molecule has 0 saturated heterocycles. The molecular formula is C22H24ClN3O3S. The topological polar surface area (TPSA) is 73.2 Å². The molecule has 3 aromatic rings. The molecule has 1 aromatic heterocycles. The maximum absolute atomic E-state index is 13.4. The monoisotopic (exact) mass is 445 g/mol. The zero-order valence-corrected chi connectivity index (χ0v) is 18.9. The fourth-order valence-electron chi connectivity index (χ4n) is 3.16. The minimum atomic E-state index is -0.193. The Morgan fingerprint density at radius 1 is 1.30 bits per heavy atom. The van der Waals surface area contributed by atoms with Crippen molar-refractivity contribution in [1.82, 2.24) is 14.9 Å². The maximum atomic E-state index is 13.4. The van der Waals surface area contributed by atoms with Gasteiger partial charge < -0.3 is 10.1 Å². The number of hydrogen-bond acceptors (Lipinski definition) is 5. The van der Waals surface area contributed by atoms with E-state index in [0.29, 0.717) is 27.7 Å². The number of fused-ring (bicyclic) bond motifs is 1. The predicted octanol–water partition coefficient (Wildman–Crippen LogP) is 3.90. The molecule has 1 unspecified atom stereocenters. The first-order chi connectivity index (χ1) is 14.3.